The molecule has 0 heterocycles. The Labute approximate surface area is 101 Å². The molecule has 0 aliphatic carbocycles. The van der Waals surface area contributed by atoms with Gasteiger partial charge in [0.05, 0.1) is 7.11 Å². The van der Waals surface area contributed by atoms with Crippen LogP contribution in [0.5, 0.6) is 0 Å². The van der Waals surface area contributed by atoms with Crippen LogP contribution in [0.2, 0.25) is 0 Å². The van der Waals surface area contributed by atoms with E-state index in [1.807, 2.05) is 18.2 Å². The first-order valence-electron chi connectivity index (χ1n) is 5.50. The first kappa shape index (κ1) is 13.2. The monoisotopic (exact) mass is 232 g/mol. The third-order valence-electron chi connectivity index (χ3n) is 2.51. The zero-order valence-electron chi connectivity index (χ0n) is 10.1. The number of methoxy groups -OCH3 is 1. The molecule has 1 aromatic carbocycles. The highest BCUT2D eigenvalue weighted by molar-refractivity contribution is 5.97. The van der Waals surface area contributed by atoms with E-state index in [2.05, 4.69) is 4.74 Å². The molecule has 0 aliphatic heterocycles. The zero-order valence-corrected chi connectivity index (χ0v) is 10.1. The third-order valence-corrected chi connectivity index (χ3v) is 2.51. The van der Waals surface area contributed by atoms with Crippen LogP contribution >= 0.6 is 0 Å². The van der Waals surface area contributed by atoms with Crippen molar-refractivity contribution in [3.63, 3.8) is 0 Å². The van der Waals surface area contributed by atoms with E-state index in [1.54, 1.807) is 25.1 Å². The van der Waals surface area contributed by atoms with E-state index in [0.29, 0.717) is 24.0 Å². The lowest BCUT2D eigenvalue weighted by molar-refractivity contribution is -0.136. The van der Waals surface area contributed by atoms with Crippen LogP contribution in [0.3, 0.4) is 0 Å². The largest absolute Gasteiger partial charge is 0.466 e. The summed E-state index contributed by atoms with van der Waals surface area (Å²) in [6.07, 6.45) is 2.42. The van der Waals surface area contributed by atoms with Gasteiger partial charge in [-0.05, 0) is 13.3 Å². The van der Waals surface area contributed by atoms with Gasteiger partial charge in [0.15, 0.2) is 5.78 Å². The van der Waals surface area contributed by atoms with Crippen LogP contribution in [0.15, 0.2) is 42.0 Å². The summed E-state index contributed by atoms with van der Waals surface area (Å²) >= 11 is 0. The standard InChI is InChI=1S/C14H16O3/c1-3-11(14(16)17-2)9-10-13(15)12-7-5-4-6-8-12/h3-8H,9-10H2,1-2H3/b11-3+. The van der Waals surface area contributed by atoms with Crippen molar-refractivity contribution in [3.05, 3.63) is 47.5 Å². The molecule has 1 rings (SSSR count). The number of Topliss-reactive ketones (excluding diaryl/α,β-unsaturated/α-hetero) is 1. The Bertz CT molecular complexity index is 418. The molecule has 0 saturated heterocycles. The molecule has 0 saturated carbocycles. The number of carbonyl (C=O) groups excluding carboxylic acids is 2. The minimum atomic E-state index is -0.367. The summed E-state index contributed by atoms with van der Waals surface area (Å²) in [5, 5.41) is 0. The maximum atomic E-state index is 11.8. The Morgan fingerprint density at radius 3 is 2.35 bits per heavy atom. The molecule has 0 radical (unpaired) electrons. The predicted molar refractivity (Wildman–Crippen MR) is 65.8 cm³/mol. The van der Waals surface area contributed by atoms with E-state index < -0.39 is 0 Å². The Morgan fingerprint density at radius 2 is 1.82 bits per heavy atom. The fraction of sp³-hybridized carbons (Fsp3) is 0.286. The Balaban J connectivity index is 2.57. The Kier molecular flexibility index (Phi) is 5.14. The summed E-state index contributed by atoms with van der Waals surface area (Å²) in [6.45, 7) is 1.76. The number of rotatable bonds is 5. The van der Waals surface area contributed by atoms with Crippen LogP contribution in [-0.4, -0.2) is 18.9 Å². The highest BCUT2D eigenvalue weighted by atomic mass is 16.5. The normalized spacial score (nSPS) is 11.1. The number of esters is 1. The molecule has 0 amide bonds. The molecule has 0 atom stereocenters. The molecule has 0 aromatic heterocycles. The Hall–Kier alpha value is -1.90. The van der Waals surface area contributed by atoms with Gasteiger partial charge >= 0.3 is 5.97 Å². The second-order valence-corrected chi connectivity index (χ2v) is 3.59. The lowest BCUT2D eigenvalue weighted by Gasteiger charge is -2.04. The van der Waals surface area contributed by atoms with Gasteiger partial charge in [0.1, 0.15) is 0 Å². The molecule has 3 heteroatoms. The van der Waals surface area contributed by atoms with E-state index in [4.69, 9.17) is 0 Å². The summed E-state index contributed by atoms with van der Waals surface area (Å²) in [5.74, 6) is -0.331. The molecule has 1 aromatic rings. The quantitative estimate of drug-likeness (QED) is 0.445. The van der Waals surface area contributed by atoms with Crippen molar-refractivity contribution in [3.8, 4) is 0 Å². The minimum Gasteiger partial charge on any atom is -0.466 e. The fourth-order valence-corrected chi connectivity index (χ4v) is 1.51. The van der Waals surface area contributed by atoms with Gasteiger partial charge in [-0.3, -0.25) is 4.79 Å². The van der Waals surface area contributed by atoms with Crippen LogP contribution in [0, 0.1) is 0 Å². The lowest BCUT2D eigenvalue weighted by atomic mass is 10.0. The van der Waals surface area contributed by atoms with Gasteiger partial charge < -0.3 is 4.74 Å². The van der Waals surface area contributed by atoms with Crippen molar-refractivity contribution >= 4 is 11.8 Å². The highest BCUT2D eigenvalue weighted by Gasteiger charge is 2.11. The van der Waals surface area contributed by atoms with Gasteiger partial charge in [0, 0.05) is 17.6 Å². The molecule has 17 heavy (non-hydrogen) atoms. The van der Waals surface area contributed by atoms with Crippen LogP contribution in [-0.2, 0) is 9.53 Å². The second kappa shape index (κ2) is 6.63. The zero-order chi connectivity index (χ0) is 12.7. The summed E-state index contributed by atoms with van der Waals surface area (Å²) in [5.41, 5.74) is 1.21. The van der Waals surface area contributed by atoms with Crippen molar-refractivity contribution in [1.82, 2.24) is 0 Å². The van der Waals surface area contributed by atoms with E-state index in [-0.39, 0.29) is 11.8 Å². The van der Waals surface area contributed by atoms with E-state index in [9.17, 15) is 9.59 Å². The predicted octanol–water partition coefficient (Wildman–Crippen LogP) is 2.77. The van der Waals surface area contributed by atoms with Crippen LogP contribution in [0.25, 0.3) is 0 Å². The molecule has 0 aliphatic rings. The number of ether oxygens (including phenoxy) is 1. The summed E-state index contributed by atoms with van der Waals surface area (Å²) < 4.78 is 4.62. The number of ketones is 1. The van der Waals surface area contributed by atoms with Crippen molar-refractivity contribution in [2.24, 2.45) is 0 Å². The second-order valence-electron chi connectivity index (χ2n) is 3.59. The van der Waals surface area contributed by atoms with Crippen LogP contribution < -0.4 is 0 Å². The van der Waals surface area contributed by atoms with Crippen LogP contribution in [0.1, 0.15) is 30.1 Å². The van der Waals surface area contributed by atoms with Gasteiger partial charge in [-0.15, -0.1) is 0 Å². The average molecular weight is 232 g/mol. The number of hydrogen-bond acceptors (Lipinski definition) is 3. The summed E-state index contributed by atoms with van der Waals surface area (Å²) in [7, 11) is 1.34. The third kappa shape index (κ3) is 3.87. The van der Waals surface area contributed by atoms with Crippen LogP contribution in [0.4, 0.5) is 0 Å². The van der Waals surface area contributed by atoms with Crippen molar-refractivity contribution in [2.75, 3.05) is 7.11 Å². The molecule has 0 N–H and O–H groups in total. The van der Waals surface area contributed by atoms with Gasteiger partial charge in [-0.2, -0.15) is 0 Å². The number of hydrogen-bond donors (Lipinski definition) is 0. The van der Waals surface area contributed by atoms with Crippen molar-refractivity contribution in [1.29, 1.82) is 0 Å². The highest BCUT2D eigenvalue weighted by Crippen LogP contribution is 2.11. The fourth-order valence-electron chi connectivity index (χ4n) is 1.51. The molecule has 3 nitrogen and oxygen atoms in total. The number of benzene rings is 1. The molecule has 0 fully saturated rings. The van der Waals surface area contributed by atoms with E-state index in [0.717, 1.165) is 0 Å². The number of allylic oxidation sites excluding steroid dienone is 1. The maximum absolute atomic E-state index is 11.8. The first-order valence-corrected chi connectivity index (χ1v) is 5.50. The topological polar surface area (TPSA) is 43.4 Å². The van der Waals surface area contributed by atoms with E-state index >= 15 is 0 Å². The van der Waals surface area contributed by atoms with Gasteiger partial charge in [-0.1, -0.05) is 36.4 Å². The lowest BCUT2D eigenvalue weighted by Crippen LogP contribution is -2.07. The van der Waals surface area contributed by atoms with Gasteiger partial charge in [-0.25, -0.2) is 4.79 Å². The SMILES string of the molecule is C/C=C(\CCC(=O)c1ccccc1)C(=O)OC. The Morgan fingerprint density at radius 1 is 1.18 bits per heavy atom. The smallest absolute Gasteiger partial charge is 0.333 e. The molecule has 0 spiro atoms. The number of carbonyl (C=O) groups is 2. The molecule has 90 valence electrons. The molecule has 0 unspecified atom stereocenters. The van der Waals surface area contributed by atoms with Gasteiger partial charge in [0.2, 0.25) is 0 Å². The van der Waals surface area contributed by atoms with Crippen molar-refractivity contribution < 1.29 is 14.3 Å². The summed E-state index contributed by atoms with van der Waals surface area (Å²) in [4.78, 5) is 23.1. The minimum absolute atomic E-state index is 0.0360. The molecule has 0 bridgehead atoms. The molecular weight excluding hydrogens is 216 g/mol. The first-order chi connectivity index (χ1) is 8.19. The average Bonchev–Trinajstić information content (AvgIpc) is 2.39. The van der Waals surface area contributed by atoms with Gasteiger partial charge in [0.25, 0.3) is 0 Å². The molecular formula is C14H16O3. The maximum Gasteiger partial charge on any atom is 0.333 e. The van der Waals surface area contributed by atoms with Crippen molar-refractivity contribution in [2.45, 2.75) is 19.8 Å². The summed E-state index contributed by atoms with van der Waals surface area (Å²) in [6, 6.07) is 9.06. The van der Waals surface area contributed by atoms with E-state index in [1.165, 1.54) is 7.11 Å².